The lowest BCUT2D eigenvalue weighted by Gasteiger charge is -2.06. The molecule has 0 fully saturated rings. The minimum atomic E-state index is 0.838. The van der Waals surface area contributed by atoms with Gasteiger partial charge in [-0.1, -0.05) is 42.5 Å². The molecule has 0 spiro atoms. The monoisotopic (exact) mass is 262 g/mol. The SMILES string of the molecule is COc1ccc(/N=N/c2ccccc2)c2ccccc12. The molecule has 0 atom stereocenters. The Labute approximate surface area is 117 Å². The summed E-state index contributed by atoms with van der Waals surface area (Å²) in [7, 11) is 1.67. The van der Waals surface area contributed by atoms with Gasteiger partial charge in [-0.3, -0.25) is 0 Å². The van der Waals surface area contributed by atoms with Gasteiger partial charge < -0.3 is 4.74 Å². The van der Waals surface area contributed by atoms with Crippen LogP contribution in [0.3, 0.4) is 0 Å². The third-order valence-electron chi connectivity index (χ3n) is 3.11. The molecule has 3 nitrogen and oxygen atoms in total. The van der Waals surface area contributed by atoms with Crippen LogP contribution in [0.25, 0.3) is 10.8 Å². The Kier molecular flexibility index (Phi) is 3.42. The highest BCUT2D eigenvalue weighted by Gasteiger charge is 2.05. The first-order chi connectivity index (χ1) is 9.88. The summed E-state index contributed by atoms with van der Waals surface area (Å²) in [5.74, 6) is 0.847. The van der Waals surface area contributed by atoms with E-state index in [1.807, 2.05) is 66.7 Å². The van der Waals surface area contributed by atoms with Crippen molar-refractivity contribution < 1.29 is 4.74 Å². The molecule has 3 heteroatoms. The third kappa shape index (κ3) is 2.38. The van der Waals surface area contributed by atoms with Gasteiger partial charge in [-0.15, -0.1) is 5.11 Å². The Bertz CT molecular complexity index is 751. The first kappa shape index (κ1) is 12.4. The number of benzene rings is 3. The van der Waals surface area contributed by atoms with Crippen LogP contribution in [0, 0.1) is 0 Å². The summed E-state index contributed by atoms with van der Waals surface area (Å²) in [6.07, 6.45) is 0. The molecule has 98 valence electrons. The van der Waals surface area contributed by atoms with Crippen LogP contribution in [0.2, 0.25) is 0 Å². The molecule has 0 aromatic heterocycles. The van der Waals surface area contributed by atoms with Gasteiger partial charge in [0.05, 0.1) is 18.5 Å². The second-order valence-corrected chi connectivity index (χ2v) is 4.37. The number of hydrogen-bond donors (Lipinski definition) is 0. The van der Waals surface area contributed by atoms with Crippen LogP contribution in [0.1, 0.15) is 0 Å². The maximum atomic E-state index is 5.37. The van der Waals surface area contributed by atoms with Crippen LogP contribution in [0.5, 0.6) is 5.75 Å². The van der Waals surface area contributed by atoms with Crippen molar-refractivity contribution in [1.29, 1.82) is 0 Å². The highest BCUT2D eigenvalue weighted by molar-refractivity contribution is 5.96. The summed E-state index contributed by atoms with van der Waals surface area (Å²) in [5, 5.41) is 10.7. The fourth-order valence-electron chi connectivity index (χ4n) is 2.13. The molecule has 0 saturated carbocycles. The number of nitrogens with zero attached hydrogens (tertiary/aromatic N) is 2. The third-order valence-corrected chi connectivity index (χ3v) is 3.11. The summed E-state index contributed by atoms with van der Waals surface area (Å²) in [6, 6.07) is 21.6. The second kappa shape index (κ2) is 5.53. The minimum absolute atomic E-state index is 0.838. The zero-order chi connectivity index (χ0) is 13.8. The Balaban J connectivity index is 2.07. The van der Waals surface area contributed by atoms with Crippen molar-refractivity contribution in [1.82, 2.24) is 0 Å². The minimum Gasteiger partial charge on any atom is -0.496 e. The van der Waals surface area contributed by atoms with Gasteiger partial charge in [0.25, 0.3) is 0 Å². The number of fused-ring (bicyclic) bond motifs is 1. The van der Waals surface area contributed by atoms with Crippen molar-refractivity contribution in [2.45, 2.75) is 0 Å². The first-order valence-electron chi connectivity index (χ1n) is 6.41. The van der Waals surface area contributed by atoms with Crippen LogP contribution in [0.15, 0.2) is 77.0 Å². The van der Waals surface area contributed by atoms with Crippen molar-refractivity contribution in [2.24, 2.45) is 10.2 Å². The van der Waals surface area contributed by atoms with Crippen molar-refractivity contribution in [3.8, 4) is 5.75 Å². The molecule has 3 rings (SSSR count). The van der Waals surface area contributed by atoms with Crippen molar-refractivity contribution in [2.75, 3.05) is 7.11 Å². The van der Waals surface area contributed by atoms with Crippen LogP contribution in [0.4, 0.5) is 11.4 Å². The standard InChI is InChI=1S/C17H14N2O/c1-20-17-12-11-16(14-9-5-6-10-15(14)17)19-18-13-7-3-2-4-8-13/h2-12H,1H3/b19-18+. The van der Waals surface area contributed by atoms with E-state index in [4.69, 9.17) is 4.74 Å². The van der Waals surface area contributed by atoms with E-state index in [1.165, 1.54) is 0 Å². The number of ether oxygens (including phenoxy) is 1. The van der Waals surface area contributed by atoms with Gasteiger partial charge in [0.15, 0.2) is 0 Å². The fraction of sp³-hybridized carbons (Fsp3) is 0.0588. The van der Waals surface area contributed by atoms with Gasteiger partial charge in [0.1, 0.15) is 5.75 Å². The lowest BCUT2D eigenvalue weighted by molar-refractivity contribution is 0.420. The number of methoxy groups -OCH3 is 1. The van der Waals surface area contributed by atoms with E-state index in [0.29, 0.717) is 0 Å². The molecule has 0 unspecified atom stereocenters. The van der Waals surface area contributed by atoms with E-state index in [-0.39, 0.29) is 0 Å². The fourth-order valence-corrected chi connectivity index (χ4v) is 2.13. The molecule has 0 aliphatic carbocycles. The Morgan fingerprint density at radius 3 is 2.15 bits per heavy atom. The normalized spacial score (nSPS) is 11.1. The van der Waals surface area contributed by atoms with Gasteiger partial charge in [0, 0.05) is 10.8 Å². The molecule has 3 aromatic carbocycles. The van der Waals surface area contributed by atoms with Crippen molar-refractivity contribution in [3.63, 3.8) is 0 Å². The quantitative estimate of drug-likeness (QED) is 0.592. The number of rotatable bonds is 3. The molecule has 20 heavy (non-hydrogen) atoms. The molecule has 0 amide bonds. The number of azo groups is 1. The average molecular weight is 262 g/mol. The number of hydrogen-bond acceptors (Lipinski definition) is 3. The maximum Gasteiger partial charge on any atom is 0.126 e. The second-order valence-electron chi connectivity index (χ2n) is 4.37. The van der Waals surface area contributed by atoms with Crippen LogP contribution in [-0.2, 0) is 0 Å². The zero-order valence-electron chi connectivity index (χ0n) is 11.2. The summed E-state index contributed by atoms with van der Waals surface area (Å²) in [4.78, 5) is 0. The molecule has 0 saturated heterocycles. The molecular weight excluding hydrogens is 248 g/mol. The van der Waals surface area contributed by atoms with Crippen LogP contribution in [-0.4, -0.2) is 7.11 Å². The summed E-state index contributed by atoms with van der Waals surface area (Å²) in [5.41, 5.74) is 1.68. The predicted octanol–water partition coefficient (Wildman–Crippen LogP) is 5.26. The van der Waals surface area contributed by atoms with Crippen molar-refractivity contribution >= 4 is 22.1 Å². The van der Waals surface area contributed by atoms with E-state index in [2.05, 4.69) is 10.2 Å². The van der Waals surface area contributed by atoms with E-state index < -0.39 is 0 Å². The van der Waals surface area contributed by atoms with E-state index in [1.54, 1.807) is 7.11 Å². The molecule has 0 bridgehead atoms. The summed E-state index contributed by atoms with van der Waals surface area (Å²) < 4.78 is 5.37. The highest BCUT2D eigenvalue weighted by Crippen LogP contribution is 2.33. The lowest BCUT2D eigenvalue weighted by Crippen LogP contribution is -1.84. The molecule has 0 aliphatic rings. The van der Waals surface area contributed by atoms with Gasteiger partial charge in [0.2, 0.25) is 0 Å². The average Bonchev–Trinajstić information content (AvgIpc) is 2.53. The molecule has 0 heterocycles. The van der Waals surface area contributed by atoms with E-state index in [9.17, 15) is 0 Å². The highest BCUT2D eigenvalue weighted by atomic mass is 16.5. The Morgan fingerprint density at radius 2 is 1.40 bits per heavy atom. The zero-order valence-corrected chi connectivity index (χ0v) is 11.2. The van der Waals surface area contributed by atoms with Gasteiger partial charge in [-0.25, -0.2) is 0 Å². The molecule has 0 radical (unpaired) electrons. The van der Waals surface area contributed by atoms with Crippen LogP contribution < -0.4 is 4.74 Å². The molecule has 0 N–H and O–H groups in total. The molecular formula is C17H14N2O. The van der Waals surface area contributed by atoms with E-state index >= 15 is 0 Å². The summed E-state index contributed by atoms with van der Waals surface area (Å²) in [6.45, 7) is 0. The van der Waals surface area contributed by atoms with Crippen LogP contribution >= 0.6 is 0 Å². The molecule has 3 aromatic rings. The molecule has 0 aliphatic heterocycles. The van der Waals surface area contributed by atoms with Gasteiger partial charge in [-0.2, -0.15) is 5.11 Å². The smallest absolute Gasteiger partial charge is 0.126 e. The van der Waals surface area contributed by atoms with E-state index in [0.717, 1.165) is 27.9 Å². The van der Waals surface area contributed by atoms with Gasteiger partial charge >= 0.3 is 0 Å². The maximum absolute atomic E-state index is 5.37. The largest absolute Gasteiger partial charge is 0.496 e. The Hall–Kier alpha value is -2.68. The predicted molar refractivity (Wildman–Crippen MR) is 81.1 cm³/mol. The topological polar surface area (TPSA) is 34.0 Å². The van der Waals surface area contributed by atoms with Gasteiger partial charge in [-0.05, 0) is 24.3 Å². The lowest BCUT2D eigenvalue weighted by atomic mass is 10.1. The Morgan fingerprint density at radius 1 is 0.700 bits per heavy atom. The summed E-state index contributed by atoms with van der Waals surface area (Å²) >= 11 is 0. The first-order valence-corrected chi connectivity index (χ1v) is 6.41. The van der Waals surface area contributed by atoms with Crippen molar-refractivity contribution in [3.05, 3.63) is 66.7 Å².